The maximum absolute atomic E-state index is 12.0. The van der Waals surface area contributed by atoms with E-state index in [2.05, 4.69) is 5.16 Å². The van der Waals surface area contributed by atoms with E-state index < -0.39 is 5.97 Å². The van der Waals surface area contributed by atoms with Gasteiger partial charge in [-0.15, -0.1) is 0 Å². The molecule has 0 bridgehead atoms. The molecule has 6 nitrogen and oxygen atoms in total. The molecule has 0 heterocycles. The number of benzene rings is 2. The SMILES string of the molecule is COc1cc(/C=N\OC(=O)c2ccc(Cl)cc2Cl)cc(OC)c1OC. The molecule has 0 radical (unpaired) electrons. The number of hydrogen-bond donors (Lipinski definition) is 0. The summed E-state index contributed by atoms with van der Waals surface area (Å²) in [5.74, 6) is 0.656. The lowest BCUT2D eigenvalue weighted by atomic mass is 10.2. The molecule has 8 heteroatoms. The van der Waals surface area contributed by atoms with E-state index in [0.29, 0.717) is 27.8 Å². The van der Waals surface area contributed by atoms with E-state index in [4.69, 9.17) is 42.3 Å². The second-order valence-electron chi connectivity index (χ2n) is 4.70. The predicted octanol–water partition coefficient (Wildman–Crippen LogP) is 4.21. The van der Waals surface area contributed by atoms with Gasteiger partial charge in [0.05, 0.1) is 38.1 Å². The molecule has 0 N–H and O–H groups in total. The fourth-order valence-corrected chi connectivity index (χ4v) is 2.50. The molecular formula is C17H15Cl2NO5. The first-order valence-corrected chi connectivity index (χ1v) is 7.75. The largest absolute Gasteiger partial charge is 0.493 e. The Labute approximate surface area is 154 Å². The summed E-state index contributed by atoms with van der Waals surface area (Å²) in [5, 5.41) is 4.27. The summed E-state index contributed by atoms with van der Waals surface area (Å²) < 4.78 is 15.7. The van der Waals surface area contributed by atoms with Crippen LogP contribution in [-0.2, 0) is 4.84 Å². The van der Waals surface area contributed by atoms with Gasteiger partial charge in [0.15, 0.2) is 11.5 Å². The van der Waals surface area contributed by atoms with Crippen LogP contribution in [0.2, 0.25) is 10.0 Å². The van der Waals surface area contributed by atoms with Crippen molar-refractivity contribution in [1.29, 1.82) is 0 Å². The lowest BCUT2D eigenvalue weighted by Crippen LogP contribution is -2.02. The molecule has 0 saturated heterocycles. The highest BCUT2D eigenvalue weighted by Crippen LogP contribution is 2.37. The standard InChI is InChI=1S/C17H15Cl2NO5/c1-22-14-6-10(7-15(23-2)16(14)24-3)9-20-25-17(21)12-5-4-11(18)8-13(12)19/h4-9H,1-3H3/b20-9-. The minimum absolute atomic E-state index is 0.160. The molecule has 0 atom stereocenters. The molecule has 0 aromatic heterocycles. The van der Waals surface area contributed by atoms with Crippen molar-refractivity contribution in [3.63, 3.8) is 0 Å². The Hall–Kier alpha value is -2.44. The lowest BCUT2D eigenvalue weighted by Gasteiger charge is -2.12. The lowest BCUT2D eigenvalue weighted by molar-refractivity contribution is 0.0519. The highest BCUT2D eigenvalue weighted by atomic mass is 35.5. The molecule has 2 aromatic carbocycles. The molecule has 0 aliphatic rings. The number of carbonyl (C=O) groups excluding carboxylic acids is 1. The van der Waals surface area contributed by atoms with Crippen molar-refractivity contribution in [2.75, 3.05) is 21.3 Å². The number of ether oxygens (including phenoxy) is 3. The molecule has 0 fully saturated rings. The molecular weight excluding hydrogens is 369 g/mol. The quantitative estimate of drug-likeness (QED) is 0.424. The van der Waals surface area contributed by atoms with Crippen LogP contribution in [-0.4, -0.2) is 33.5 Å². The van der Waals surface area contributed by atoms with Crippen molar-refractivity contribution < 1.29 is 23.8 Å². The van der Waals surface area contributed by atoms with Crippen LogP contribution in [0.15, 0.2) is 35.5 Å². The first-order valence-electron chi connectivity index (χ1n) is 7.00. The van der Waals surface area contributed by atoms with E-state index in [1.807, 2.05) is 0 Å². The molecule has 0 saturated carbocycles. The van der Waals surface area contributed by atoms with E-state index >= 15 is 0 Å². The monoisotopic (exact) mass is 383 g/mol. The fraction of sp³-hybridized carbons (Fsp3) is 0.176. The summed E-state index contributed by atoms with van der Waals surface area (Å²) in [4.78, 5) is 16.8. The predicted molar refractivity (Wildman–Crippen MR) is 95.6 cm³/mol. The average Bonchev–Trinajstić information content (AvgIpc) is 2.60. The van der Waals surface area contributed by atoms with Gasteiger partial charge in [0, 0.05) is 10.6 Å². The molecule has 2 rings (SSSR count). The number of carbonyl (C=O) groups is 1. The third-order valence-corrected chi connectivity index (χ3v) is 3.72. The third-order valence-electron chi connectivity index (χ3n) is 3.18. The number of nitrogens with zero attached hydrogens (tertiary/aromatic N) is 1. The molecule has 0 unspecified atom stereocenters. The highest BCUT2D eigenvalue weighted by molar-refractivity contribution is 6.36. The van der Waals surface area contributed by atoms with Gasteiger partial charge in [0.2, 0.25) is 5.75 Å². The Morgan fingerprint density at radius 2 is 1.64 bits per heavy atom. The van der Waals surface area contributed by atoms with Gasteiger partial charge >= 0.3 is 5.97 Å². The zero-order chi connectivity index (χ0) is 18.4. The van der Waals surface area contributed by atoms with Crippen molar-refractivity contribution in [2.45, 2.75) is 0 Å². The first-order chi connectivity index (χ1) is 12.0. The van der Waals surface area contributed by atoms with Crippen LogP contribution >= 0.6 is 23.2 Å². The van der Waals surface area contributed by atoms with E-state index in [-0.39, 0.29) is 10.6 Å². The maximum atomic E-state index is 12.0. The number of rotatable bonds is 6. The molecule has 25 heavy (non-hydrogen) atoms. The fourth-order valence-electron chi connectivity index (χ4n) is 2.02. The summed E-state index contributed by atoms with van der Waals surface area (Å²) in [6.07, 6.45) is 1.34. The van der Waals surface area contributed by atoms with Crippen LogP contribution in [0.3, 0.4) is 0 Å². The van der Waals surface area contributed by atoms with Gasteiger partial charge in [0.1, 0.15) is 0 Å². The Morgan fingerprint density at radius 1 is 1.00 bits per heavy atom. The van der Waals surface area contributed by atoms with Crippen LogP contribution in [0.4, 0.5) is 0 Å². The number of methoxy groups -OCH3 is 3. The van der Waals surface area contributed by atoms with Gasteiger partial charge in [-0.05, 0) is 30.3 Å². The minimum atomic E-state index is -0.703. The van der Waals surface area contributed by atoms with Crippen LogP contribution in [0.5, 0.6) is 17.2 Å². The molecule has 0 spiro atoms. The van der Waals surface area contributed by atoms with Crippen LogP contribution < -0.4 is 14.2 Å². The van der Waals surface area contributed by atoms with Gasteiger partial charge in [-0.2, -0.15) is 0 Å². The first kappa shape index (κ1) is 18.9. The van der Waals surface area contributed by atoms with Crippen molar-refractivity contribution in [2.24, 2.45) is 5.16 Å². The van der Waals surface area contributed by atoms with Gasteiger partial charge < -0.3 is 19.0 Å². The van der Waals surface area contributed by atoms with Crippen LogP contribution in [0.1, 0.15) is 15.9 Å². The number of oxime groups is 1. The van der Waals surface area contributed by atoms with Crippen LogP contribution in [0, 0.1) is 0 Å². The zero-order valence-electron chi connectivity index (χ0n) is 13.7. The summed E-state index contributed by atoms with van der Waals surface area (Å²) in [7, 11) is 4.51. The number of hydrogen-bond acceptors (Lipinski definition) is 6. The second-order valence-corrected chi connectivity index (χ2v) is 5.54. The van der Waals surface area contributed by atoms with Gasteiger partial charge in [-0.25, -0.2) is 4.79 Å². The maximum Gasteiger partial charge on any atom is 0.367 e. The van der Waals surface area contributed by atoms with E-state index in [1.165, 1.54) is 45.7 Å². The van der Waals surface area contributed by atoms with E-state index in [1.54, 1.807) is 12.1 Å². The Kier molecular flexibility index (Phi) is 6.50. The minimum Gasteiger partial charge on any atom is -0.493 e. The van der Waals surface area contributed by atoms with Gasteiger partial charge in [0.25, 0.3) is 0 Å². The highest BCUT2D eigenvalue weighted by Gasteiger charge is 2.14. The third kappa shape index (κ3) is 4.55. The van der Waals surface area contributed by atoms with Gasteiger partial charge in [-0.1, -0.05) is 28.4 Å². The summed E-state index contributed by atoms with van der Waals surface area (Å²) in [5.41, 5.74) is 0.748. The van der Waals surface area contributed by atoms with Crippen molar-refractivity contribution in [3.8, 4) is 17.2 Å². The smallest absolute Gasteiger partial charge is 0.367 e. The zero-order valence-corrected chi connectivity index (χ0v) is 15.2. The Morgan fingerprint density at radius 3 is 2.16 bits per heavy atom. The number of halogens is 2. The molecule has 0 aliphatic carbocycles. The Bertz CT molecular complexity index is 783. The summed E-state index contributed by atoms with van der Waals surface area (Å²) in [6, 6.07) is 7.76. The molecule has 2 aromatic rings. The molecule has 0 amide bonds. The molecule has 132 valence electrons. The second kappa shape index (κ2) is 8.60. The van der Waals surface area contributed by atoms with E-state index in [9.17, 15) is 4.79 Å². The molecule has 0 aliphatic heterocycles. The summed E-state index contributed by atoms with van der Waals surface area (Å²) >= 11 is 11.7. The average molecular weight is 384 g/mol. The van der Waals surface area contributed by atoms with Gasteiger partial charge in [-0.3, -0.25) is 0 Å². The Balaban J connectivity index is 2.17. The van der Waals surface area contributed by atoms with Crippen molar-refractivity contribution >= 4 is 35.4 Å². The topological polar surface area (TPSA) is 66.4 Å². The van der Waals surface area contributed by atoms with E-state index in [0.717, 1.165) is 0 Å². The normalized spacial score (nSPS) is 10.6. The van der Waals surface area contributed by atoms with Crippen molar-refractivity contribution in [3.05, 3.63) is 51.5 Å². The van der Waals surface area contributed by atoms with Crippen molar-refractivity contribution in [1.82, 2.24) is 0 Å². The van der Waals surface area contributed by atoms with Crippen LogP contribution in [0.25, 0.3) is 0 Å². The summed E-state index contributed by atoms with van der Waals surface area (Å²) in [6.45, 7) is 0.